The van der Waals surface area contributed by atoms with Gasteiger partial charge in [-0.05, 0) is 82.5 Å². The molecule has 0 aromatic rings. The summed E-state index contributed by atoms with van der Waals surface area (Å²) in [6.07, 6.45) is 12.1. The zero-order valence-corrected chi connectivity index (χ0v) is 20.6. The maximum atomic E-state index is 12.8. The average molecular weight is 612 g/mol. The number of carbonyl (C=O) groups is 3. The molecule has 3 unspecified atom stereocenters. The summed E-state index contributed by atoms with van der Waals surface area (Å²) in [7, 11) is 0. The molecule has 4 aliphatic rings. The minimum absolute atomic E-state index is 0.0654. The topological polar surface area (TPSA) is 66.5 Å². The monoisotopic (exact) mass is 612 g/mol. The van der Waals surface area contributed by atoms with E-state index in [0.29, 0.717) is 18.9 Å². The average Bonchev–Trinajstić information content (AvgIpc) is 2.93. The number of halogens is 2. The number of nitrogens with one attached hydrogen (secondary N) is 1. The zero-order valence-electron chi connectivity index (χ0n) is 16.2. The Morgan fingerprint density at radius 3 is 2.04 bits per heavy atom. The van der Waals surface area contributed by atoms with Gasteiger partial charge in [-0.25, -0.2) is 3.11 Å². The summed E-state index contributed by atoms with van der Waals surface area (Å²) in [5.74, 6) is 1.11. The Morgan fingerprint density at radius 2 is 1.39 bits per heavy atom. The van der Waals surface area contributed by atoms with Crippen molar-refractivity contribution in [1.29, 1.82) is 0 Å². The van der Waals surface area contributed by atoms with Crippen molar-refractivity contribution in [2.75, 3.05) is 0 Å². The van der Waals surface area contributed by atoms with Gasteiger partial charge >= 0.3 is 0 Å². The van der Waals surface area contributed by atoms with E-state index in [1.165, 1.54) is 41.6 Å². The van der Waals surface area contributed by atoms with Crippen molar-refractivity contribution in [2.45, 2.75) is 80.6 Å². The van der Waals surface area contributed by atoms with Gasteiger partial charge in [0, 0.05) is 15.9 Å². The quantitative estimate of drug-likeness (QED) is 0.223. The molecule has 0 spiro atoms. The third-order valence-corrected chi connectivity index (χ3v) is 9.93. The molecule has 0 aromatic carbocycles. The van der Waals surface area contributed by atoms with Gasteiger partial charge in [-0.2, -0.15) is 0 Å². The minimum Gasteiger partial charge on any atom is -0.353 e. The second-order valence-electron chi connectivity index (χ2n) is 9.31. The highest BCUT2D eigenvalue weighted by Crippen LogP contribution is 2.43. The first-order chi connectivity index (χ1) is 13.4. The van der Waals surface area contributed by atoms with Crippen LogP contribution in [0.1, 0.15) is 70.6 Å². The van der Waals surface area contributed by atoms with Crippen molar-refractivity contribution in [3.8, 4) is 0 Å². The number of hydrogen-bond acceptors (Lipinski definition) is 3. The van der Waals surface area contributed by atoms with Crippen LogP contribution in [0.5, 0.6) is 0 Å². The summed E-state index contributed by atoms with van der Waals surface area (Å²) in [6, 6.07) is 0.296. The molecule has 3 aliphatic carbocycles. The molecule has 156 valence electrons. The molecular weight excluding hydrogens is 582 g/mol. The van der Waals surface area contributed by atoms with Crippen LogP contribution in [0.4, 0.5) is 0 Å². The SMILES string of the molecule is O=C(NC1CCC(C2CCC(I)CC2)CC1)C1CCC2C(=O)N(I)C(=O)C2C1. The van der Waals surface area contributed by atoms with E-state index in [1.54, 1.807) is 0 Å². The second kappa shape index (κ2) is 9.06. The van der Waals surface area contributed by atoms with E-state index < -0.39 is 0 Å². The molecule has 7 heteroatoms. The number of nitrogens with zero attached hydrogens (tertiary/aromatic N) is 1. The van der Waals surface area contributed by atoms with Crippen LogP contribution < -0.4 is 5.32 Å². The molecule has 3 atom stereocenters. The molecular formula is C21H30I2N2O3. The number of fused-ring (bicyclic) bond motifs is 1. The smallest absolute Gasteiger partial charge is 0.242 e. The Hall–Kier alpha value is 0.0700. The lowest BCUT2D eigenvalue weighted by Crippen LogP contribution is -2.44. The fourth-order valence-corrected chi connectivity index (χ4v) is 7.42. The Morgan fingerprint density at radius 1 is 0.821 bits per heavy atom. The normalized spacial score (nSPS) is 41.6. The summed E-state index contributed by atoms with van der Waals surface area (Å²) in [5, 5.41) is 3.28. The summed E-state index contributed by atoms with van der Waals surface area (Å²) >= 11 is 4.41. The lowest BCUT2D eigenvalue weighted by Gasteiger charge is -2.37. The van der Waals surface area contributed by atoms with Crippen molar-refractivity contribution in [1.82, 2.24) is 8.43 Å². The Bertz CT molecular complexity index is 627. The molecule has 1 heterocycles. The Balaban J connectivity index is 1.24. The first kappa shape index (κ1) is 21.3. The predicted molar refractivity (Wildman–Crippen MR) is 124 cm³/mol. The van der Waals surface area contributed by atoms with Gasteiger partial charge in [-0.1, -0.05) is 22.6 Å². The third kappa shape index (κ3) is 4.39. The van der Waals surface area contributed by atoms with Gasteiger partial charge in [0.15, 0.2) is 0 Å². The van der Waals surface area contributed by atoms with Gasteiger partial charge in [-0.3, -0.25) is 14.4 Å². The predicted octanol–water partition coefficient (Wildman–Crippen LogP) is 4.41. The standard InChI is InChI=1S/C21H30I2N2O3/c22-15-6-1-12(2-7-15)13-3-8-16(9-4-13)24-19(26)14-5-10-17-18(11-14)21(28)25(23)20(17)27/h12-18H,1-11H2,(H,24,26). The van der Waals surface area contributed by atoms with Crippen LogP contribution in [0.2, 0.25) is 0 Å². The number of hydrogen-bond donors (Lipinski definition) is 1. The summed E-state index contributed by atoms with van der Waals surface area (Å²) in [5.41, 5.74) is 0. The Kier molecular flexibility index (Phi) is 6.89. The van der Waals surface area contributed by atoms with Gasteiger partial charge < -0.3 is 5.32 Å². The van der Waals surface area contributed by atoms with Crippen LogP contribution in [-0.4, -0.2) is 30.8 Å². The maximum Gasteiger partial charge on any atom is 0.242 e. The van der Waals surface area contributed by atoms with Crippen LogP contribution >= 0.6 is 45.5 Å². The maximum absolute atomic E-state index is 12.8. The molecule has 3 amide bonds. The molecule has 1 N–H and O–H groups in total. The summed E-state index contributed by atoms with van der Waals surface area (Å²) in [4.78, 5) is 37.2. The number of imide groups is 1. The number of rotatable bonds is 3. The van der Waals surface area contributed by atoms with Crippen LogP contribution in [0.25, 0.3) is 0 Å². The number of carbonyl (C=O) groups excluding carboxylic acids is 3. The van der Waals surface area contributed by atoms with Crippen molar-refractivity contribution in [3.05, 3.63) is 0 Å². The van der Waals surface area contributed by atoms with E-state index >= 15 is 0 Å². The van der Waals surface area contributed by atoms with E-state index in [-0.39, 0.29) is 35.5 Å². The van der Waals surface area contributed by atoms with E-state index in [2.05, 4.69) is 27.9 Å². The van der Waals surface area contributed by atoms with E-state index in [4.69, 9.17) is 0 Å². The van der Waals surface area contributed by atoms with Crippen LogP contribution in [0.15, 0.2) is 0 Å². The molecule has 28 heavy (non-hydrogen) atoms. The van der Waals surface area contributed by atoms with Crippen LogP contribution in [-0.2, 0) is 14.4 Å². The molecule has 3 saturated carbocycles. The number of amides is 3. The van der Waals surface area contributed by atoms with Crippen molar-refractivity contribution in [3.63, 3.8) is 0 Å². The van der Waals surface area contributed by atoms with Gasteiger partial charge in [0.25, 0.3) is 0 Å². The third-order valence-electron chi connectivity index (χ3n) is 7.73. The summed E-state index contributed by atoms with van der Waals surface area (Å²) in [6.45, 7) is 0. The van der Waals surface area contributed by atoms with Crippen molar-refractivity contribution < 1.29 is 14.4 Å². The largest absolute Gasteiger partial charge is 0.353 e. The second-order valence-corrected chi connectivity index (χ2v) is 12.0. The Labute approximate surface area is 195 Å². The highest BCUT2D eigenvalue weighted by atomic mass is 127. The molecule has 5 nitrogen and oxygen atoms in total. The molecule has 0 radical (unpaired) electrons. The van der Waals surface area contributed by atoms with Crippen LogP contribution in [0, 0.1) is 29.6 Å². The van der Waals surface area contributed by atoms with E-state index in [9.17, 15) is 14.4 Å². The highest BCUT2D eigenvalue weighted by Gasteiger charge is 2.50. The first-order valence-electron chi connectivity index (χ1n) is 10.9. The van der Waals surface area contributed by atoms with Crippen molar-refractivity contribution >= 4 is 63.2 Å². The molecule has 4 fully saturated rings. The molecule has 4 rings (SSSR count). The highest BCUT2D eigenvalue weighted by molar-refractivity contribution is 14.1. The first-order valence-corrected chi connectivity index (χ1v) is 13.1. The lowest BCUT2D eigenvalue weighted by atomic mass is 9.72. The van der Waals surface area contributed by atoms with Crippen molar-refractivity contribution in [2.24, 2.45) is 29.6 Å². The molecule has 1 aliphatic heterocycles. The van der Waals surface area contributed by atoms with Crippen LogP contribution in [0.3, 0.4) is 0 Å². The summed E-state index contributed by atoms with van der Waals surface area (Å²) < 4.78 is 2.11. The van der Waals surface area contributed by atoms with E-state index in [0.717, 1.165) is 35.0 Å². The van der Waals surface area contributed by atoms with E-state index in [1.807, 2.05) is 22.9 Å². The van der Waals surface area contributed by atoms with Gasteiger partial charge in [-0.15, -0.1) is 0 Å². The van der Waals surface area contributed by atoms with Gasteiger partial charge in [0.1, 0.15) is 0 Å². The lowest BCUT2D eigenvalue weighted by molar-refractivity contribution is -0.132. The molecule has 0 aromatic heterocycles. The fraction of sp³-hybridized carbons (Fsp3) is 0.857. The zero-order chi connectivity index (χ0) is 19.8. The van der Waals surface area contributed by atoms with Gasteiger partial charge in [0.05, 0.1) is 34.7 Å². The minimum atomic E-state index is -0.280. The fourth-order valence-electron chi connectivity index (χ4n) is 5.98. The molecule has 0 bridgehead atoms. The van der Waals surface area contributed by atoms with Gasteiger partial charge in [0.2, 0.25) is 17.7 Å². The molecule has 1 saturated heterocycles. The number of alkyl halides is 1.